The first-order valence-corrected chi connectivity index (χ1v) is 6.58. The van der Waals surface area contributed by atoms with Crippen molar-refractivity contribution < 1.29 is 15.0 Å². The van der Waals surface area contributed by atoms with Gasteiger partial charge in [-0.1, -0.05) is 28.1 Å². The Bertz CT molecular complexity index is 436. The number of aliphatic hydroxyl groups is 2. The fourth-order valence-electron chi connectivity index (χ4n) is 1.91. The van der Waals surface area contributed by atoms with Gasteiger partial charge in [0.25, 0.3) is 0 Å². The van der Waals surface area contributed by atoms with Crippen LogP contribution in [0.4, 0.5) is 5.69 Å². The summed E-state index contributed by atoms with van der Waals surface area (Å²) in [7, 11) is 0. The molecule has 2 unspecified atom stereocenters. The molecule has 0 aliphatic carbocycles. The van der Waals surface area contributed by atoms with E-state index in [9.17, 15) is 15.0 Å². The van der Waals surface area contributed by atoms with Crippen LogP contribution in [0.5, 0.6) is 0 Å². The van der Waals surface area contributed by atoms with Gasteiger partial charge >= 0.3 is 0 Å². The Morgan fingerprint density at radius 3 is 2.88 bits per heavy atom. The molecule has 0 aromatic heterocycles. The first-order valence-electron chi connectivity index (χ1n) is 5.46. The van der Waals surface area contributed by atoms with Crippen LogP contribution < -0.4 is 5.32 Å². The monoisotopic (exact) mass is 299 g/mol. The fourth-order valence-corrected chi connectivity index (χ4v) is 2.38. The SMILES string of the molecule is O=C1Cc2ccc(C(O)C(O)CCBr)cc2N1. The third-order valence-electron chi connectivity index (χ3n) is 2.87. The normalized spacial score (nSPS) is 17.5. The smallest absolute Gasteiger partial charge is 0.228 e. The minimum Gasteiger partial charge on any atom is -0.390 e. The van der Waals surface area contributed by atoms with Crippen LogP contribution in [0.1, 0.15) is 23.7 Å². The number of anilines is 1. The van der Waals surface area contributed by atoms with Crippen LogP contribution in [0.15, 0.2) is 18.2 Å². The van der Waals surface area contributed by atoms with Crippen LogP contribution in [0.2, 0.25) is 0 Å². The van der Waals surface area contributed by atoms with Gasteiger partial charge in [0.15, 0.2) is 0 Å². The number of carbonyl (C=O) groups is 1. The highest BCUT2D eigenvalue weighted by Gasteiger charge is 2.22. The molecule has 1 heterocycles. The maximum atomic E-state index is 11.2. The highest BCUT2D eigenvalue weighted by atomic mass is 79.9. The second-order valence-corrected chi connectivity index (χ2v) is 4.92. The predicted molar refractivity (Wildman–Crippen MR) is 68.2 cm³/mol. The van der Waals surface area contributed by atoms with Crippen LogP contribution in [-0.4, -0.2) is 27.6 Å². The molecule has 1 aliphatic rings. The minimum absolute atomic E-state index is 0.0346. The molecule has 2 rings (SSSR count). The average Bonchev–Trinajstić information content (AvgIpc) is 2.67. The number of rotatable bonds is 4. The first-order chi connectivity index (χ1) is 8.11. The molecule has 2 atom stereocenters. The topological polar surface area (TPSA) is 69.6 Å². The lowest BCUT2D eigenvalue weighted by molar-refractivity contribution is -0.115. The number of aliphatic hydroxyl groups excluding tert-OH is 2. The molecule has 3 N–H and O–H groups in total. The van der Waals surface area contributed by atoms with Gasteiger partial charge in [0, 0.05) is 11.0 Å². The number of alkyl halides is 1. The Balaban J connectivity index is 2.18. The van der Waals surface area contributed by atoms with Crippen LogP contribution >= 0.6 is 15.9 Å². The van der Waals surface area contributed by atoms with E-state index in [1.165, 1.54) is 0 Å². The second kappa shape index (κ2) is 5.16. The lowest BCUT2D eigenvalue weighted by Crippen LogP contribution is -2.18. The van der Waals surface area contributed by atoms with Gasteiger partial charge < -0.3 is 15.5 Å². The number of halogens is 1. The highest BCUT2D eigenvalue weighted by molar-refractivity contribution is 9.09. The lowest BCUT2D eigenvalue weighted by Gasteiger charge is -2.17. The Labute approximate surface area is 108 Å². The largest absolute Gasteiger partial charge is 0.390 e. The summed E-state index contributed by atoms with van der Waals surface area (Å²) in [6.45, 7) is 0. The van der Waals surface area contributed by atoms with Crippen molar-refractivity contribution in [1.82, 2.24) is 0 Å². The molecule has 4 nitrogen and oxygen atoms in total. The van der Waals surface area contributed by atoms with Crippen LogP contribution in [0.25, 0.3) is 0 Å². The van der Waals surface area contributed by atoms with Crippen molar-refractivity contribution >= 4 is 27.5 Å². The summed E-state index contributed by atoms with van der Waals surface area (Å²) >= 11 is 3.22. The minimum atomic E-state index is -0.921. The van der Waals surface area contributed by atoms with Gasteiger partial charge in [-0.25, -0.2) is 0 Å². The molecule has 0 saturated carbocycles. The van der Waals surface area contributed by atoms with Crippen molar-refractivity contribution in [2.24, 2.45) is 0 Å². The Morgan fingerprint density at radius 2 is 2.18 bits per heavy atom. The zero-order valence-corrected chi connectivity index (χ0v) is 10.8. The molecule has 0 bridgehead atoms. The molecular weight excluding hydrogens is 286 g/mol. The van der Waals surface area contributed by atoms with Gasteiger partial charge in [0.05, 0.1) is 12.5 Å². The van der Waals surface area contributed by atoms with Crippen molar-refractivity contribution in [3.05, 3.63) is 29.3 Å². The van der Waals surface area contributed by atoms with E-state index in [1.807, 2.05) is 6.07 Å². The van der Waals surface area contributed by atoms with E-state index < -0.39 is 12.2 Å². The van der Waals surface area contributed by atoms with Crippen LogP contribution in [-0.2, 0) is 11.2 Å². The van der Waals surface area contributed by atoms with E-state index >= 15 is 0 Å². The number of hydrogen-bond acceptors (Lipinski definition) is 3. The van der Waals surface area contributed by atoms with Crippen molar-refractivity contribution in [2.45, 2.75) is 25.0 Å². The van der Waals surface area contributed by atoms with Crippen molar-refractivity contribution in [1.29, 1.82) is 0 Å². The Morgan fingerprint density at radius 1 is 1.41 bits per heavy atom. The summed E-state index contributed by atoms with van der Waals surface area (Å²) in [4.78, 5) is 11.2. The Hall–Kier alpha value is -0.910. The van der Waals surface area contributed by atoms with E-state index in [4.69, 9.17) is 0 Å². The third-order valence-corrected chi connectivity index (χ3v) is 3.33. The average molecular weight is 300 g/mol. The maximum Gasteiger partial charge on any atom is 0.228 e. The number of hydrogen-bond donors (Lipinski definition) is 3. The van der Waals surface area contributed by atoms with Crippen molar-refractivity contribution in [3.63, 3.8) is 0 Å². The van der Waals surface area contributed by atoms with Crippen LogP contribution in [0, 0.1) is 0 Å². The first kappa shape index (κ1) is 12.5. The van der Waals surface area contributed by atoms with Gasteiger partial charge in [-0.05, 0) is 23.6 Å². The van der Waals surface area contributed by atoms with Crippen molar-refractivity contribution in [3.8, 4) is 0 Å². The molecule has 17 heavy (non-hydrogen) atoms. The summed E-state index contributed by atoms with van der Waals surface area (Å²) < 4.78 is 0. The molecule has 0 radical (unpaired) electrons. The molecule has 0 fully saturated rings. The maximum absolute atomic E-state index is 11.2. The fraction of sp³-hybridized carbons (Fsp3) is 0.417. The lowest BCUT2D eigenvalue weighted by atomic mass is 10.0. The highest BCUT2D eigenvalue weighted by Crippen LogP contribution is 2.28. The van der Waals surface area contributed by atoms with Gasteiger partial charge in [0.1, 0.15) is 6.10 Å². The van der Waals surface area contributed by atoms with Crippen molar-refractivity contribution in [2.75, 3.05) is 10.6 Å². The predicted octanol–water partition coefficient (Wildman–Crippen LogP) is 1.36. The molecule has 1 aromatic carbocycles. The van der Waals surface area contributed by atoms with Gasteiger partial charge in [0.2, 0.25) is 5.91 Å². The summed E-state index contributed by atoms with van der Waals surface area (Å²) in [6.07, 6.45) is -0.861. The quantitative estimate of drug-likeness (QED) is 0.735. The molecule has 0 saturated heterocycles. The number of fused-ring (bicyclic) bond motifs is 1. The molecule has 1 amide bonds. The van der Waals surface area contributed by atoms with Gasteiger partial charge in [-0.3, -0.25) is 4.79 Å². The summed E-state index contributed by atoms with van der Waals surface area (Å²) in [5.74, 6) is -0.0346. The zero-order valence-electron chi connectivity index (χ0n) is 9.19. The van der Waals surface area contributed by atoms with E-state index in [2.05, 4.69) is 21.2 Å². The summed E-state index contributed by atoms with van der Waals surface area (Å²) in [5, 5.41) is 23.0. The van der Waals surface area contributed by atoms with Gasteiger partial charge in [-0.2, -0.15) is 0 Å². The third kappa shape index (κ3) is 2.68. The van der Waals surface area contributed by atoms with E-state index in [1.54, 1.807) is 12.1 Å². The molecule has 0 spiro atoms. The molecule has 1 aliphatic heterocycles. The van der Waals surface area contributed by atoms with Gasteiger partial charge in [-0.15, -0.1) is 0 Å². The van der Waals surface area contributed by atoms with Crippen LogP contribution in [0.3, 0.4) is 0 Å². The standard InChI is InChI=1S/C12H14BrNO3/c13-4-3-10(15)12(17)8-2-1-7-6-11(16)14-9(7)5-8/h1-2,5,10,12,15,17H,3-4,6H2,(H,14,16). The van der Waals surface area contributed by atoms with E-state index in [0.717, 1.165) is 11.3 Å². The number of amides is 1. The molecular formula is C12H14BrNO3. The Kier molecular flexibility index (Phi) is 3.81. The zero-order chi connectivity index (χ0) is 12.4. The second-order valence-electron chi connectivity index (χ2n) is 4.13. The number of benzene rings is 1. The summed E-state index contributed by atoms with van der Waals surface area (Å²) in [5.41, 5.74) is 2.29. The summed E-state index contributed by atoms with van der Waals surface area (Å²) in [6, 6.07) is 5.29. The molecule has 5 heteroatoms. The number of nitrogens with one attached hydrogen (secondary N) is 1. The molecule has 1 aromatic rings. The van der Waals surface area contributed by atoms with E-state index in [0.29, 0.717) is 23.7 Å². The van der Waals surface area contributed by atoms with E-state index in [-0.39, 0.29) is 5.91 Å². The number of carbonyl (C=O) groups excluding carboxylic acids is 1. The molecule has 92 valence electrons.